The van der Waals surface area contributed by atoms with Crippen LogP contribution >= 0.6 is 34.9 Å². The molecule has 4 aromatic rings. The molecule has 2 aromatic carbocycles. The zero-order chi connectivity index (χ0) is 21.5. The molecule has 4 rings (SSSR count). The molecule has 0 aliphatic rings. The predicted molar refractivity (Wildman–Crippen MR) is 131 cm³/mol. The maximum atomic E-state index is 12.9. The van der Waals surface area contributed by atoms with Crippen molar-refractivity contribution in [1.29, 1.82) is 0 Å². The molecule has 0 fully saturated rings. The van der Waals surface area contributed by atoms with Gasteiger partial charge >= 0.3 is 0 Å². The number of nitrogens with zero attached hydrogens (tertiary/aromatic N) is 2. The van der Waals surface area contributed by atoms with Crippen LogP contribution in [-0.2, 0) is 11.5 Å². The summed E-state index contributed by atoms with van der Waals surface area (Å²) in [6.45, 7) is 1.99. The van der Waals surface area contributed by atoms with E-state index in [1.165, 1.54) is 5.56 Å². The van der Waals surface area contributed by atoms with Gasteiger partial charge in [-0.2, -0.15) is 0 Å². The quantitative estimate of drug-likeness (QED) is 0.295. The Morgan fingerprint density at radius 3 is 2.58 bits per heavy atom. The molecule has 7 heteroatoms. The summed E-state index contributed by atoms with van der Waals surface area (Å²) in [6, 6.07) is 19.7. The van der Waals surface area contributed by atoms with Crippen molar-refractivity contribution in [3.05, 3.63) is 101 Å². The minimum absolute atomic E-state index is 0.0951. The van der Waals surface area contributed by atoms with Gasteiger partial charge in [0.05, 0.1) is 0 Å². The van der Waals surface area contributed by atoms with Crippen LogP contribution in [0, 0.1) is 6.92 Å². The molecule has 2 heterocycles. The summed E-state index contributed by atoms with van der Waals surface area (Å²) in [4.78, 5) is 22.7. The first-order valence-electron chi connectivity index (χ1n) is 9.73. The Kier molecular flexibility index (Phi) is 7.40. The number of anilines is 1. The maximum Gasteiger partial charge on any atom is 0.255 e. The highest BCUT2D eigenvalue weighted by Gasteiger charge is 2.12. The van der Waals surface area contributed by atoms with E-state index >= 15 is 0 Å². The van der Waals surface area contributed by atoms with Gasteiger partial charge in [0, 0.05) is 51.1 Å². The van der Waals surface area contributed by atoms with Gasteiger partial charge in [-0.1, -0.05) is 36.0 Å². The Morgan fingerprint density at radius 1 is 1.00 bits per heavy atom. The van der Waals surface area contributed by atoms with Crippen LogP contribution in [0.2, 0.25) is 0 Å². The Bertz CT molecular complexity index is 1140. The van der Waals surface area contributed by atoms with Crippen LogP contribution in [0.15, 0.2) is 87.7 Å². The topological polar surface area (TPSA) is 54.9 Å². The Balaban J connectivity index is 1.36. The lowest BCUT2D eigenvalue weighted by molar-refractivity contribution is 0.102. The number of pyridine rings is 1. The van der Waals surface area contributed by atoms with E-state index in [1.807, 2.05) is 73.1 Å². The van der Waals surface area contributed by atoms with Crippen LogP contribution < -0.4 is 5.32 Å². The number of thiazole rings is 1. The number of aromatic nitrogens is 2. The molecule has 2 aromatic heterocycles. The molecule has 1 amide bonds. The van der Waals surface area contributed by atoms with Crippen LogP contribution in [0.4, 0.5) is 5.69 Å². The smallest absolute Gasteiger partial charge is 0.255 e. The van der Waals surface area contributed by atoms with Gasteiger partial charge in [0.2, 0.25) is 0 Å². The van der Waals surface area contributed by atoms with E-state index in [9.17, 15) is 4.79 Å². The summed E-state index contributed by atoms with van der Waals surface area (Å²) < 4.78 is 1.02. The van der Waals surface area contributed by atoms with Gasteiger partial charge in [0.1, 0.15) is 4.34 Å². The number of nitrogens with one attached hydrogen (secondary N) is 1. The third-order valence-electron chi connectivity index (χ3n) is 4.45. The minimum Gasteiger partial charge on any atom is -0.322 e. The highest BCUT2D eigenvalue weighted by Crippen LogP contribution is 2.28. The van der Waals surface area contributed by atoms with Crippen molar-refractivity contribution < 1.29 is 4.79 Å². The molecule has 0 atom stereocenters. The van der Waals surface area contributed by atoms with Crippen LogP contribution in [0.25, 0.3) is 0 Å². The Morgan fingerprint density at radius 2 is 1.84 bits per heavy atom. The number of rotatable bonds is 8. The van der Waals surface area contributed by atoms with Gasteiger partial charge < -0.3 is 5.32 Å². The van der Waals surface area contributed by atoms with Crippen LogP contribution in [0.1, 0.15) is 27.2 Å². The van der Waals surface area contributed by atoms with Crippen molar-refractivity contribution in [2.75, 3.05) is 5.32 Å². The van der Waals surface area contributed by atoms with Crippen molar-refractivity contribution in [2.45, 2.75) is 27.7 Å². The third kappa shape index (κ3) is 6.19. The highest BCUT2D eigenvalue weighted by molar-refractivity contribution is 8.00. The van der Waals surface area contributed by atoms with Gasteiger partial charge in [-0.05, 0) is 54.4 Å². The second-order valence-corrected chi connectivity index (χ2v) is 9.96. The first-order valence-corrected chi connectivity index (χ1v) is 12.6. The zero-order valence-electron chi connectivity index (χ0n) is 16.9. The zero-order valence-corrected chi connectivity index (χ0v) is 19.4. The summed E-state index contributed by atoms with van der Waals surface area (Å²) in [5.74, 6) is 1.48. The van der Waals surface area contributed by atoms with E-state index in [2.05, 4.69) is 21.4 Å². The fourth-order valence-corrected chi connectivity index (χ4v) is 5.57. The molecule has 31 heavy (non-hydrogen) atoms. The van der Waals surface area contributed by atoms with E-state index in [4.69, 9.17) is 0 Å². The van der Waals surface area contributed by atoms with Crippen molar-refractivity contribution in [3.63, 3.8) is 0 Å². The van der Waals surface area contributed by atoms with Gasteiger partial charge in [-0.3, -0.25) is 9.78 Å². The summed E-state index contributed by atoms with van der Waals surface area (Å²) in [7, 11) is 0. The molecule has 4 nitrogen and oxygen atoms in total. The summed E-state index contributed by atoms with van der Waals surface area (Å²) in [5, 5.41) is 5.06. The molecule has 0 aliphatic heterocycles. The number of amides is 1. The van der Waals surface area contributed by atoms with E-state index in [-0.39, 0.29) is 5.91 Å². The molecule has 0 bridgehead atoms. The maximum absolute atomic E-state index is 12.9. The first-order chi connectivity index (χ1) is 15.2. The molecule has 0 saturated carbocycles. The molecular formula is C24H21N3OS3. The van der Waals surface area contributed by atoms with Crippen molar-refractivity contribution >= 4 is 46.5 Å². The molecule has 156 valence electrons. The Hall–Kier alpha value is -2.61. The van der Waals surface area contributed by atoms with E-state index in [0.717, 1.165) is 31.9 Å². The predicted octanol–water partition coefficient (Wildman–Crippen LogP) is 6.68. The van der Waals surface area contributed by atoms with Crippen LogP contribution in [0.5, 0.6) is 0 Å². The molecule has 0 saturated heterocycles. The highest BCUT2D eigenvalue weighted by atomic mass is 32.2. The second kappa shape index (κ2) is 10.6. The molecule has 0 radical (unpaired) electrons. The lowest BCUT2D eigenvalue weighted by Crippen LogP contribution is -2.13. The molecule has 0 aliphatic carbocycles. The van der Waals surface area contributed by atoms with Gasteiger partial charge in [-0.15, -0.1) is 23.1 Å². The lowest BCUT2D eigenvalue weighted by Gasteiger charge is -2.10. The van der Waals surface area contributed by atoms with E-state index < -0.39 is 0 Å². The lowest BCUT2D eigenvalue weighted by atomic mass is 10.1. The monoisotopic (exact) mass is 463 g/mol. The summed E-state index contributed by atoms with van der Waals surface area (Å²) >= 11 is 5.04. The molecule has 0 unspecified atom stereocenters. The van der Waals surface area contributed by atoms with Crippen LogP contribution in [0.3, 0.4) is 0 Å². The van der Waals surface area contributed by atoms with Gasteiger partial charge in [0.25, 0.3) is 5.91 Å². The first kappa shape index (κ1) is 21.6. The molecule has 1 N–H and O–H groups in total. The van der Waals surface area contributed by atoms with Crippen molar-refractivity contribution in [1.82, 2.24) is 9.97 Å². The SMILES string of the molecule is Cc1csc(SCc2ccccc2C(=O)Nc2ccc(SCc3cccnc3)cc2)n1. The number of hydrogen-bond donors (Lipinski definition) is 1. The second-order valence-electron chi connectivity index (χ2n) is 6.83. The number of aryl methyl sites for hydroxylation is 1. The number of carbonyl (C=O) groups is 1. The molecule has 0 spiro atoms. The van der Waals surface area contributed by atoms with Gasteiger partial charge in [-0.25, -0.2) is 4.98 Å². The average Bonchev–Trinajstić information content (AvgIpc) is 3.23. The van der Waals surface area contributed by atoms with E-state index in [1.54, 1.807) is 41.1 Å². The average molecular weight is 464 g/mol. The fraction of sp³-hybridized carbons (Fsp3) is 0.125. The van der Waals surface area contributed by atoms with Crippen molar-refractivity contribution in [2.24, 2.45) is 0 Å². The van der Waals surface area contributed by atoms with Crippen LogP contribution in [-0.4, -0.2) is 15.9 Å². The fourth-order valence-electron chi connectivity index (χ4n) is 2.89. The number of hydrogen-bond acceptors (Lipinski definition) is 6. The normalized spacial score (nSPS) is 10.7. The standard InChI is InChI=1S/C24H21N3OS3/c1-17-14-30-24(26-17)31-16-19-6-2-3-7-22(19)23(28)27-20-8-10-21(11-9-20)29-15-18-5-4-12-25-13-18/h2-14H,15-16H2,1H3,(H,27,28). The summed E-state index contributed by atoms with van der Waals surface area (Å²) in [6.07, 6.45) is 3.66. The summed E-state index contributed by atoms with van der Waals surface area (Å²) in [5.41, 5.74) is 4.70. The Labute approximate surface area is 194 Å². The number of carbonyl (C=O) groups excluding carboxylic acids is 1. The van der Waals surface area contributed by atoms with Gasteiger partial charge in [0.15, 0.2) is 0 Å². The third-order valence-corrected chi connectivity index (χ3v) is 7.72. The number of benzene rings is 2. The minimum atomic E-state index is -0.0951. The van der Waals surface area contributed by atoms with Crippen molar-refractivity contribution in [3.8, 4) is 0 Å². The largest absolute Gasteiger partial charge is 0.322 e. The number of thioether (sulfide) groups is 2. The molecular weight excluding hydrogens is 442 g/mol. The van der Waals surface area contributed by atoms with E-state index in [0.29, 0.717) is 11.3 Å².